The van der Waals surface area contributed by atoms with Crippen LogP contribution in [0.3, 0.4) is 0 Å². The summed E-state index contributed by atoms with van der Waals surface area (Å²) in [5.41, 5.74) is 2.47. The molecular formula is C26H26ClN3O3S. The first-order chi connectivity index (χ1) is 16.2. The first-order valence-electron chi connectivity index (χ1n) is 11.0. The summed E-state index contributed by atoms with van der Waals surface area (Å²) < 4.78 is 35.3. The third kappa shape index (κ3) is 5.06. The molecule has 8 heteroatoms. The maximum atomic E-state index is 13.2. The van der Waals surface area contributed by atoms with Gasteiger partial charge in [-0.15, -0.1) is 0 Å². The molecule has 34 heavy (non-hydrogen) atoms. The van der Waals surface area contributed by atoms with E-state index in [9.17, 15) is 8.42 Å². The summed E-state index contributed by atoms with van der Waals surface area (Å²) in [5, 5.41) is 2.13. The standard InChI is InChI=1S/C26H26ClN3O3S/c1-5-22-25(28-18(4)29-26(22)33-20-11-9-16(2)10-12-20)17(3)30-34(31,32)21-13-14-23-19(15-21)7-6-8-24(23)27/h6-15,17,30H,5H2,1-4H3. The quantitative estimate of drug-likeness (QED) is 0.325. The van der Waals surface area contributed by atoms with Crippen LogP contribution in [0.15, 0.2) is 65.6 Å². The highest BCUT2D eigenvalue weighted by atomic mass is 35.5. The third-order valence-corrected chi connectivity index (χ3v) is 7.42. The molecule has 0 aliphatic rings. The van der Waals surface area contributed by atoms with Gasteiger partial charge in [0.2, 0.25) is 15.9 Å². The van der Waals surface area contributed by atoms with Crippen LogP contribution in [0.5, 0.6) is 11.6 Å². The zero-order valence-electron chi connectivity index (χ0n) is 19.5. The zero-order chi connectivity index (χ0) is 24.5. The second-order valence-corrected chi connectivity index (χ2v) is 10.3. The molecule has 0 spiro atoms. The maximum Gasteiger partial charge on any atom is 0.241 e. The summed E-state index contributed by atoms with van der Waals surface area (Å²) >= 11 is 6.23. The van der Waals surface area contributed by atoms with Crippen molar-refractivity contribution in [1.29, 1.82) is 0 Å². The maximum absolute atomic E-state index is 13.2. The lowest BCUT2D eigenvalue weighted by atomic mass is 10.1. The predicted octanol–water partition coefficient (Wildman–Crippen LogP) is 6.29. The lowest BCUT2D eigenvalue weighted by Gasteiger charge is -2.19. The largest absolute Gasteiger partial charge is 0.439 e. The Balaban J connectivity index is 1.66. The third-order valence-electron chi connectivity index (χ3n) is 5.55. The van der Waals surface area contributed by atoms with Crippen molar-refractivity contribution in [2.45, 2.75) is 45.1 Å². The van der Waals surface area contributed by atoms with Crippen LogP contribution in [0.1, 0.15) is 42.5 Å². The van der Waals surface area contributed by atoms with E-state index in [2.05, 4.69) is 14.7 Å². The van der Waals surface area contributed by atoms with Crippen molar-refractivity contribution in [1.82, 2.24) is 14.7 Å². The van der Waals surface area contributed by atoms with Crippen LogP contribution in [0.25, 0.3) is 10.8 Å². The number of fused-ring (bicyclic) bond motifs is 1. The van der Waals surface area contributed by atoms with E-state index in [4.69, 9.17) is 16.3 Å². The number of aryl methyl sites for hydroxylation is 2. The molecule has 3 aromatic carbocycles. The molecule has 0 saturated carbocycles. The molecule has 0 aliphatic carbocycles. The molecule has 1 aromatic heterocycles. The second-order valence-electron chi connectivity index (χ2n) is 8.17. The van der Waals surface area contributed by atoms with Gasteiger partial charge in [0.1, 0.15) is 11.6 Å². The Morgan fingerprint density at radius 3 is 2.47 bits per heavy atom. The molecule has 1 unspecified atom stereocenters. The minimum atomic E-state index is -3.82. The topological polar surface area (TPSA) is 81.2 Å². The molecule has 6 nitrogen and oxygen atoms in total. The number of hydrogen-bond donors (Lipinski definition) is 1. The minimum absolute atomic E-state index is 0.161. The van der Waals surface area contributed by atoms with Crippen LogP contribution in [0.2, 0.25) is 5.02 Å². The molecule has 4 rings (SSSR count). The second kappa shape index (κ2) is 9.70. The van der Waals surface area contributed by atoms with Crippen molar-refractivity contribution in [3.63, 3.8) is 0 Å². The van der Waals surface area contributed by atoms with E-state index in [0.717, 1.165) is 21.9 Å². The van der Waals surface area contributed by atoms with Crippen LogP contribution in [-0.4, -0.2) is 18.4 Å². The van der Waals surface area contributed by atoms with E-state index < -0.39 is 16.1 Å². The van der Waals surface area contributed by atoms with Gasteiger partial charge in [0, 0.05) is 16.0 Å². The molecule has 0 amide bonds. The van der Waals surface area contributed by atoms with Gasteiger partial charge < -0.3 is 4.74 Å². The van der Waals surface area contributed by atoms with Crippen molar-refractivity contribution in [2.24, 2.45) is 0 Å². The Bertz CT molecular complexity index is 1450. The molecule has 0 fully saturated rings. The SMILES string of the molecule is CCc1c(Oc2ccc(C)cc2)nc(C)nc1C(C)NS(=O)(=O)c1ccc2c(Cl)cccc2c1. The lowest BCUT2D eigenvalue weighted by Crippen LogP contribution is -2.28. The fourth-order valence-electron chi connectivity index (χ4n) is 3.83. The molecule has 0 radical (unpaired) electrons. The molecule has 0 saturated heterocycles. The van der Waals surface area contributed by atoms with E-state index in [-0.39, 0.29) is 4.90 Å². The van der Waals surface area contributed by atoms with Gasteiger partial charge in [0.25, 0.3) is 0 Å². The summed E-state index contributed by atoms with van der Waals surface area (Å²) in [6.45, 7) is 7.51. The van der Waals surface area contributed by atoms with E-state index in [1.807, 2.05) is 44.2 Å². The molecule has 1 N–H and O–H groups in total. The van der Waals surface area contributed by atoms with Crippen LogP contribution in [0.4, 0.5) is 0 Å². The van der Waals surface area contributed by atoms with E-state index >= 15 is 0 Å². The summed E-state index contributed by atoms with van der Waals surface area (Å²) in [4.78, 5) is 9.20. The Hall–Kier alpha value is -3.00. The van der Waals surface area contributed by atoms with Gasteiger partial charge in [-0.2, -0.15) is 4.98 Å². The van der Waals surface area contributed by atoms with Crippen molar-refractivity contribution in [3.05, 3.63) is 88.3 Å². The van der Waals surface area contributed by atoms with Gasteiger partial charge in [0.05, 0.1) is 16.6 Å². The molecular weight excluding hydrogens is 470 g/mol. The summed E-state index contributed by atoms with van der Waals surface area (Å²) in [5.74, 6) is 1.59. The summed E-state index contributed by atoms with van der Waals surface area (Å²) in [7, 11) is -3.82. The van der Waals surface area contributed by atoms with Crippen molar-refractivity contribution in [2.75, 3.05) is 0 Å². The fraction of sp³-hybridized carbons (Fsp3) is 0.231. The molecule has 1 atom stereocenters. The van der Waals surface area contributed by atoms with Crippen molar-refractivity contribution in [3.8, 4) is 11.6 Å². The van der Waals surface area contributed by atoms with Gasteiger partial charge in [-0.25, -0.2) is 18.1 Å². The Kier molecular flexibility index (Phi) is 6.89. The first kappa shape index (κ1) is 24.1. The average molecular weight is 496 g/mol. The Morgan fingerprint density at radius 2 is 1.76 bits per heavy atom. The normalized spacial score (nSPS) is 12.6. The number of nitrogens with one attached hydrogen (secondary N) is 1. The molecule has 0 bridgehead atoms. The molecule has 176 valence electrons. The summed E-state index contributed by atoms with van der Waals surface area (Å²) in [6, 6.07) is 17.4. The number of halogens is 1. The van der Waals surface area contributed by atoms with Crippen LogP contribution in [0, 0.1) is 13.8 Å². The van der Waals surface area contributed by atoms with Crippen molar-refractivity contribution < 1.29 is 13.2 Å². The number of aromatic nitrogens is 2. The lowest BCUT2D eigenvalue weighted by molar-refractivity contribution is 0.448. The van der Waals surface area contributed by atoms with E-state index in [1.54, 1.807) is 44.2 Å². The summed E-state index contributed by atoms with van der Waals surface area (Å²) in [6.07, 6.45) is 0.581. The number of ether oxygens (including phenoxy) is 1. The number of benzene rings is 3. The number of hydrogen-bond acceptors (Lipinski definition) is 5. The van der Waals surface area contributed by atoms with Gasteiger partial charge in [-0.3, -0.25) is 0 Å². The average Bonchev–Trinajstić information content (AvgIpc) is 2.80. The van der Waals surface area contributed by atoms with Gasteiger partial charge in [-0.1, -0.05) is 54.4 Å². The fourth-order valence-corrected chi connectivity index (χ4v) is 5.32. The smallest absolute Gasteiger partial charge is 0.241 e. The monoisotopic (exact) mass is 495 g/mol. The number of sulfonamides is 1. The highest BCUT2D eigenvalue weighted by Crippen LogP contribution is 2.30. The molecule has 4 aromatic rings. The predicted molar refractivity (Wildman–Crippen MR) is 135 cm³/mol. The Morgan fingerprint density at radius 1 is 1.03 bits per heavy atom. The van der Waals surface area contributed by atoms with E-state index in [0.29, 0.717) is 34.6 Å². The van der Waals surface area contributed by atoms with Gasteiger partial charge in [-0.05, 0) is 62.9 Å². The van der Waals surface area contributed by atoms with Crippen LogP contribution < -0.4 is 9.46 Å². The molecule has 1 heterocycles. The highest BCUT2D eigenvalue weighted by Gasteiger charge is 2.24. The van der Waals surface area contributed by atoms with Gasteiger partial charge in [0.15, 0.2) is 0 Å². The van der Waals surface area contributed by atoms with Crippen molar-refractivity contribution >= 4 is 32.4 Å². The van der Waals surface area contributed by atoms with Crippen LogP contribution >= 0.6 is 11.6 Å². The molecule has 0 aliphatic heterocycles. The first-order valence-corrected chi connectivity index (χ1v) is 12.9. The van der Waals surface area contributed by atoms with Gasteiger partial charge >= 0.3 is 0 Å². The van der Waals surface area contributed by atoms with Crippen LogP contribution in [-0.2, 0) is 16.4 Å². The Labute approximate surface area is 205 Å². The van der Waals surface area contributed by atoms with E-state index in [1.165, 1.54) is 0 Å². The number of rotatable bonds is 7. The zero-order valence-corrected chi connectivity index (χ0v) is 21.0. The highest BCUT2D eigenvalue weighted by molar-refractivity contribution is 7.89. The minimum Gasteiger partial charge on any atom is -0.439 e. The number of nitrogens with zero attached hydrogens (tertiary/aromatic N) is 2.